The zero-order valence-corrected chi connectivity index (χ0v) is 15.3. The predicted octanol–water partition coefficient (Wildman–Crippen LogP) is 7.07. The van der Waals surface area contributed by atoms with Crippen molar-refractivity contribution in [2.24, 2.45) is 5.41 Å². The molecular formula is C22H32. The fourth-order valence-corrected chi connectivity index (χ4v) is 3.69. The van der Waals surface area contributed by atoms with Gasteiger partial charge in [-0.2, -0.15) is 0 Å². The van der Waals surface area contributed by atoms with Gasteiger partial charge < -0.3 is 0 Å². The molecular weight excluding hydrogens is 264 g/mol. The molecule has 0 heteroatoms. The van der Waals surface area contributed by atoms with Gasteiger partial charge in [-0.25, -0.2) is 0 Å². The Bertz CT molecular complexity index is 586. The Morgan fingerprint density at radius 3 is 2.32 bits per heavy atom. The fourth-order valence-electron chi connectivity index (χ4n) is 3.69. The molecule has 0 aromatic rings. The largest absolute Gasteiger partial charge is 0.0698 e. The van der Waals surface area contributed by atoms with Crippen LogP contribution in [0.3, 0.4) is 0 Å². The van der Waals surface area contributed by atoms with Gasteiger partial charge in [-0.3, -0.25) is 0 Å². The summed E-state index contributed by atoms with van der Waals surface area (Å²) in [4.78, 5) is 0. The lowest BCUT2D eigenvalue weighted by molar-refractivity contribution is 0.377. The van der Waals surface area contributed by atoms with Crippen molar-refractivity contribution in [1.29, 1.82) is 0 Å². The van der Waals surface area contributed by atoms with Crippen LogP contribution in [0.25, 0.3) is 0 Å². The summed E-state index contributed by atoms with van der Waals surface area (Å²) in [7, 11) is 0. The van der Waals surface area contributed by atoms with E-state index in [1.807, 2.05) is 0 Å². The molecule has 0 N–H and O–H groups in total. The Balaban J connectivity index is 2.13. The Hall–Kier alpha value is -1.30. The van der Waals surface area contributed by atoms with E-state index < -0.39 is 0 Å². The first kappa shape index (κ1) is 17.1. The quantitative estimate of drug-likeness (QED) is 0.488. The second-order valence-electron chi connectivity index (χ2n) is 7.77. The van der Waals surface area contributed by atoms with Gasteiger partial charge in [0.25, 0.3) is 0 Å². The maximum atomic E-state index is 2.38. The summed E-state index contributed by atoms with van der Waals surface area (Å²) in [6.07, 6.45) is 15.6. The summed E-state index contributed by atoms with van der Waals surface area (Å²) in [6.45, 7) is 13.8. The van der Waals surface area contributed by atoms with E-state index in [0.29, 0.717) is 5.41 Å². The van der Waals surface area contributed by atoms with Crippen molar-refractivity contribution in [3.63, 3.8) is 0 Å². The Labute approximate surface area is 137 Å². The van der Waals surface area contributed by atoms with E-state index in [0.717, 1.165) is 0 Å². The third-order valence-electron chi connectivity index (χ3n) is 5.49. The van der Waals surface area contributed by atoms with Gasteiger partial charge in [-0.05, 0) is 81.9 Å². The van der Waals surface area contributed by atoms with Crippen molar-refractivity contribution >= 4 is 0 Å². The van der Waals surface area contributed by atoms with Crippen molar-refractivity contribution in [3.8, 4) is 0 Å². The summed E-state index contributed by atoms with van der Waals surface area (Å²) in [6, 6.07) is 0. The highest BCUT2D eigenvalue weighted by Crippen LogP contribution is 2.40. The van der Waals surface area contributed by atoms with Crippen LogP contribution >= 0.6 is 0 Å². The monoisotopic (exact) mass is 296 g/mol. The van der Waals surface area contributed by atoms with Crippen molar-refractivity contribution in [2.75, 3.05) is 0 Å². The highest BCUT2D eigenvalue weighted by atomic mass is 14.3. The molecule has 2 aliphatic rings. The van der Waals surface area contributed by atoms with E-state index in [4.69, 9.17) is 0 Å². The van der Waals surface area contributed by atoms with Crippen molar-refractivity contribution in [1.82, 2.24) is 0 Å². The molecule has 0 saturated carbocycles. The summed E-state index contributed by atoms with van der Waals surface area (Å²) in [5.41, 5.74) is 9.36. The molecule has 2 rings (SSSR count). The second kappa shape index (κ2) is 6.86. The van der Waals surface area contributed by atoms with Crippen LogP contribution in [0.1, 0.15) is 73.6 Å². The lowest BCUT2D eigenvalue weighted by Gasteiger charge is -2.32. The van der Waals surface area contributed by atoms with Crippen LogP contribution < -0.4 is 0 Å². The minimum atomic E-state index is 0.333. The molecule has 0 aromatic carbocycles. The molecule has 22 heavy (non-hydrogen) atoms. The normalized spacial score (nSPS) is 25.0. The first-order chi connectivity index (χ1) is 10.3. The van der Waals surface area contributed by atoms with Crippen LogP contribution in [0.4, 0.5) is 0 Å². The molecule has 0 nitrogen and oxygen atoms in total. The summed E-state index contributed by atoms with van der Waals surface area (Å²) >= 11 is 0. The van der Waals surface area contributed by atoms with E-state index in [2.05, 4.69) is 65.8 Å². The number of allylic oxidation sites excluding steroid dienone is 10. The molecule has 120 valence electrons. The Morgan fingerprint density at radius 2 is 1.73 bits per heavy atom. The van der Waals surface area contributed by atoms with E-state index in [9.17, 15) is 0 Å². The van der Waals surface area contributed by atoms with Gasteiger partial charge in [0.15, 0.2) is 0 Å². The number of rotatable bonds is 3. The zero-order chi connectivity index (χ0) is 16.3. The van der Waals surface area contributed by atoms with Gasteiger partial charge in [0.05, 0.1) is 0 Å². The maximum absolute atomic E-state index is 2.38. The van der Waals surface area contributed by atoms with Gasteiger partial charge in [0, 0.05) is 0 Å². The van der Waals surface area contributed by atoms with Crippen LogP contribution in [0, 0.1) is 5.41 Å². The van der Waals surface area contributed by atoms with E-state index >= 15 is 0 Å². The predicted molar refractivity (Wildman–Crippen MR) is 98.9 cm³/mol. The summed E-state index contributed by atoms with van der Waals surface area (Å²) in [5.74, 6) is 0. The van der Waals surface area contributed by atoms with Crippen molar-refractivity contribution in [3.05, 3.63) is 57.7 Å². The van der Waals surface area contributed by atoms with Gasteiger partial charge in [-0.1, -0.05) is 54.9 Å². The van der Waals surface area contributed by atoms with E-state index in [-0.39, 0.29) is 0 Å². The highest BCUT2D eigenvalue weighted by molar-refractivity contribution is 5.42. The van der Waals surface area contributed by atoms with E-state index in [1.165, 1.54) is 48.8 Å². The first-order valence-corrected chi connectivity index (χ1v) is 8.74. The molecule has 0 saturated heterocycles. The van der Waals surface area contributed by atoms with Crippen LogP contribution in [0.15, 0.2) is 57.7 Å². The third-order valence-corrected chi connectivity index (χ3v) is 5.49. The van der Waals surface area contributed by atoms with Crippen LogP contribution in [0.5, 0.6) is 0 Å². The molecule has 0 radical (unpaired) electrons. The molecule has 0 heterocycles. The van der Waals surface area contributed by atoms with E-state index in [1.54, 1.807) is 16.7 Å². The lowest BCUT2D eigenvalue weighted by Crippen LogP contribution is -2.19. The van der Waals surface area contributed by atoms with Gasteiger partial charge in [0.2, 0.25) is 0 Å². The minimum Gasteiger partial charge on any atom is -0.0698 e. The topological polar surface area (TPSA) is 0 Å². The molecule has 0 aliphatic heterocycles. The molecule has 0 atom stereocenters. The lowest BCUT2D eigenvalue weighted by atomic mass is 9.72. The maximum Gasteiger partial charge on any atom is -0.0104 e. The van der Waals surface area contributed by atoms with Gasteiger partial charge >= 0.3 is 0 Å². The molecule has 2 aliphatic carbocycles. The summed E-state index contributed by atoms with van der Waals surface area (Å²) in [5, 5.41) is 0. The van der Waals surface area contributed by atoms with Gasteiger partial charge in [0.1, 0.15) is 0 Å². The molecule has 0 spiro atoms. The standard InChI is InChI=1S/C22H32/c1-16(9-12-20-13-11-17(2)19(20)4)10-14-21-18(3)8-7-15-22(21,5)6/h9-10,12,14H,7-8,11,13,15H2,1-6H3. The first-order valence-electron chi connectivity index (χ1n) is 8.74. The van der Waals surface area contributed by atoms with Crippen LogP contribution in [-0.2, 0) is 0 Å². The number of hydrogen-bond acceptors (Lipinski definition) is 0. The molecule has 0 fully saturated rings. The molecule has 0 aromatic heterocycles. The molecule has 0 bridgehead atoms. The fraction of sp³-hybridized carbons (Fsp3) is 0.545. The average Bonchev–Trinajstić information content (AvgIpc) is 2.75. The molecule has 0 amide bonds. The average molecular weight is 296 g/mol. The SMILES string of the molecule is CC(C=CC1=C(C)CCCC1(C)C)=CC=C1CCC(C)=C1C. The van der Waals surface area contributed by atoms with Crippen LogP contribution in [0.2, 0.25) is 0 Å². The van der Waals surface area contributed by atoms with Crippen molar-refractivity contribution < 1.29 is 0 Å². The highest BCUT2D eigenvalue weighted by Gasteiger charge is 2.26. The van der Waals surface area contributed by atoms with Crippen LogP contribution in [-0.4, -0.2) is 0 Å². The summed E-state index contributed by atoms with van der Waals surface area (Å²) < 4.78 is 0. The second-order valence-corrected chi connectivity index (χ2v) is 7.77. The Morgan fingerprint density at radius 1 is 1.00 bits per heavy atom. The van der Waals surface area contributed by atoms with Crippen molar-refractivity contribution in [2.45, 2.75) is 73.6 Å². The molecule has 0 unspecified atom stereocenters. The third kappa shape index (κ3) is 3.91. The minimum absolute atomic E-state index is 0.333. The number of hydrogen-bond donors (Lipinski definition) is 0. The van der Waals surface area contributed by atoms with Gasteiger partial charge in [-0.15, -0.1) is 0 Å². The zero-order valence-electron chi connectivity index (χ0n) is 15.3. The smallest absolute Gasteiger partial charge is 0.0104 e. The Kier molecular flexibility index (Phi) is 5.32.